The summed E-state index contributed by atoms with van der Waals surface area (Å²) >= 11 is 5.79. The molecule has 0 aromatic heterocycles. The standard InChI is InChI=1S/C8H12ClN/c1-4-5-8(9)7(2)6-10-3/h4-6,10H,1H2,2-3H3/b7-6+,8-5+. The van der Waals surface area contributed by atoms with Crippen molar-refractivity contribution in [2.45, 2.75) is 6.92 Å². The molecule has 0 rings (SSSR count). The molecule has 10 heavy (non-hydrogen) atoms. The molecule has 0 aliphatic rings. The fourth-order valence-electron chi connectivity index (χ4n) is 0.520. The maximum absolute atomic E-state index is 5.79. The number of halogens is 1. The summed E-state index contributed by atoms with van der Waals surface area (Å²) in [5.74, 6) is 0. The van der Waals surface area contributed by atoms with Gasteiger partial charge in [0, 0.05) is 18.3 Å². The minimum absolute atomic E-state index is 0.712. The molecule has 2 heteroatoms. The maximum Gasteiger partial charge on any atom is 0.0449 e. The van der Waals surface area contributed by atoms with Gasteiger partial charge in [0.25, 0.3) is 0 Å². The van der Waals surface area contributed by atoms with Crippen LogP contribution >= 0.6 is 11.6 Å². The number of hydrogen-bond acceptors (Lipinski definition) is 1. The van der Waals surface area contributed by atoms with E-state index in [1.165, 1.54) is 0 Å². The highest BCUT2D eigenvalue weighted by Crippen LogP contribution is 2.12. The van der Waals surface area contributed by atoms with Gasteiger partial charge >= 0.3 is 0 Å². The Hall–Kier alpha value is -0.690. The predicted molar refractivity (Wildman–Crippen MR) is 46.9 cm³/mol. The lowest BCUT2D eigenvalue weighted by Crippen LogP contribution is -1.94. The van der Waals surface area contributed by atoms with Crippen molar-refractivity contribution in [3.05, 3.63) is 35.5 Å². The Morgan fingerprint density at radius 3 is 2.60 bits per heavy atom. The van der Waals surface area contributed by atoms with Crippen LogP contribution in [-0.4, -0.2) is 7.05 Å². The van der Waals surface area contributed by atoms with E-state index in [4.69, 9.17) is 11.6 Å². The van der Waals surface area contributed by atoms with Crippen molar-refractivity contribution >= 4 is 11.6 Å². The van der Waals surface area contributed by atoms with Crippen molar-refractivity contribution < 1.29 is 0 Å². The highest BCUT2D eigenvalue weighted by molar-refractivity contribution is 6.32. The molecule has 1 N–H and O–H groups in total. The first-order valence-electron chi connectivity index (χ1n) is 3.05. The second kappa shape index (κ2) is 5.12. The van der Waals surface area contributed by atoms with Crippen LogP contribution in [0.2, 0.25) is 0 Å². The molecule has 0 radical (unpaired) electrons. The van der Waals surface area contributed by atoms with E-state index in [0.717, 1.165) is 5.57 Å². The molecule has 0 aromatic carbocycles. The van der Waals surface area contributed by atoms with Gasteiger partial charge in [0.1, 0.15) is 0 Å². The van der Waals surface area contributed by atoms with Crippen LogP contribution in [0.4, 0.5) is 0 Å². The van der Waals surface area contributed by atoms with Gasteiger partial charge in [0.05, 0.1) is 0 Å². The van der Waals surface area contributed by atoms with Gasteiger partial charge in [0.2, 0.25) is 0 Å². The Labute approximate surface area is 67.1 Å². The Morgan fingerprint density at radius 1 is 1.60 bits per heavy atom. The zero-order chi connectivity index (χ0) is 7.98. The first-order valence-corrected chi connectivity index (χ1v) is 3.42. The van der Waals surface area contributed by atoms with Crippen LogP contribution in [0.3, 0.4) is 0 Å². The maximum atomic E-state index is 5.79. The topological polar surface area (TPSA) is 12.0 Å². The minimum Gasteiger partial charge on any atom is -0.394 e. The van der Waals surface area contributed by atoms with E-state index in [1.54, 1.807) is 12.2 Å². The van der Waals surface area contributed by atoms with Crippen molar-refractivity contribution in [1.82, 2.24) is 5.32 Å². The van der Waals surface area contributed by atoms with Crippen LogP contribution in [0.1, 0.15) is 6.92 Å². The van der Waals surface area contributed by atoms with E-state index in [9.17, 15) is 0 Å². The van der Waals surface area contributed by atoms with E-state index in [-0.39, 0.29) is 0 Å². The molecule has 56 valence electrons. The van der Waals surface area contributed by atoms with Crippen molar-refractivity contribution in [2.75, 3.05) is 7.05 Å². The highest BCUT2D eigenvalue weighted by Gasteiger charge is 1.90. The molecule has 0 saturated carbocycles. The first-order chi connectivity index (χ1) is 4.72. The molecule has 0 aromatic rings. The smallest absolute Gasteiger partial charge is 0.0449 e. The molecule has 0 bridgehead atoms. The van der Waals surface area contributed by atoms with Gasteiger partial charge < -0.3 is 5.32 Å². The summed E-state index contributed by atoms with van der Waals surface area (Å²) in [7, 11) is 1.83. The van der Waals surface area contributed by atoms with Crippen molar-refractivity contribution in [3.63, 3.8) is 0 Å². The van der Waals surface area contributed by atoms with Crippen LogP contribution in [0.15, 0.2) is 35.5 Å². The first kappa shape index (κ1) is 9.31. The summed E-state index contributed by atoms with van der Waals surface area (Å²) in [5, 5.41) is 3.60. The van der Waals surface area contributed by atoms with Gasteiger partial charge in [-0.2, -0.15) is 0 Å². The Kier molecular flexibility index (Phi) is 4.77. The average Bonchev–Trinajstić information content (AvgIpc) is 1.89. The molecule has 0 unspecified atom stereocenters. The summed E-state index contributed by atoms with van der Waals surface area (Å²) in [4.78, 5) is 0. The fourth-order valence-corrected chi connectivity index (χ4v) is 0.664. The lowest BCUT2D eigenvalue weighted by atomic mass is 10.3. The van der Waals surface area contributed by atoms with Crippen LogP contribution in [-0.2, 0) is 0 Å². The van der Waals surface area contributed by atoms with Crippen LogP contribution in [0.5, 0.6) is 0 Å². The van der Waals surface area contributed by atoms with Crippen molar-refractivity contribution in [3.8, 4) is 0 Å². The molecule has 0 amide bonds. The van der Waals surface area contributed by atoms with Crippen LogP contribution in [0, 0.1) is 0 Å². The highest BCUT2D eigenvalue weighted by atomic mass is 35.5. The Bertz CT molecular complexity index is 168. The van der Waals surface area contributed by atoms with Gasteiger partial charge in [-0.05, 0) is 18.6 Å². The number of hydrogen-bond donors (Lipinski definition) is 1. The predicted octanol–water partition coefficient (Wildman–Crippen LogP) is 2.42. The molecular formula is C8H12ClN. The molecule has 0 aliphatic carbocycles. The zero-order valence-electron chi connectivity index (χ0n) is 6.32. The summed E-state index contributed by atoms with van der Waals surface area (Å²) in [5.41, 5.74) is 1.00. The Balaban J connectivity index is 4.19. The normalized spacial score (nSPS) is 13.1. The molecule has 0 saturated heterocycles. The lowest BCUT2D eigenvalue weighted by molar-refractivity contribution is 1.08. The Morgan fingerprint density at radius 2 is 2.20 bits per heavy atom. The third-order valence-electron chi connectivity index (χ3n) is 1.00. The van der Waals surface area contributed by atoms with Gasteiger partial charge in [-0.3, -0.25) is 0 Å². The molecule has 0 spiro atoms. The van der Waals surface area contributed by atoms with Crippen molar-refractivity contribution in [1.29, 1.82) is 0 Å². The SMILES string of the molecule is C=C/C=C(Cl)\C(C)=C\NC. The second-order valence-corrected chi connectivity index (χ2v) is 2.27. The quantitative estimate of drug-likeness (QED) is 0.621. The summed E-state index contributed by atoms with van der Waals surface area (Å²) in [6.45, 7) is 5.46. The largest absolute Gasteiger partial charge is 0.394 e. The van der Waals surface area contributed by atoms with Gasteiger partial charge in [-0.1, -0.05) is 24.3 Å². The molecule has 0 fully saturated rings. The molecule has 0 heterocycles. The van der Waals surface area contributed by atoms with Crippen LogP contribution < -0.4 is 5.32 Å². The van der Waals surface area contributed by atoms with E-state index in [1.807, 2.05) is 20.2 Å². The molecule has 1 nitrogen and oxygen atoms in total. The summed E-state index contributed by atoms with van der Waals surface area (Å²) in [6.07, 6.45) is 5.25. The van der Waals surface area contributed by atoms with Crippen LogP contribution in [0.25, 0.3) is 0 Å². The van der Waals surface area contributed by atoms with E-state index < -0.39 is 0 Å². The van der Waals surface area contributed by atoms with E-state index in [0.29, 0.717) is 5.03 Å². The molecular weight excluding hydrogens is 146 g/mol. The third-order valence-corrected chi connectivity index (χ3v) is 1.43. The molecule has 0 aliphatic heterocycles. The summed E-state index contributed by atoms with van der Waals surface area (Å²) < 4.78 is 0. The molecule has 0 atom stereocenters. The summed E-state index contributed by atoms with van der Waals surface area (Å²) in [6, 6.07) is 0. The zero-order valence-corrected chi connectivity index (χ0v) is 7.07. The van der Waals surface area contributed by atoms with Gasteiger partial charge in [-0.15, -0.1) is 0 Å². The van der Waals surface area contributed by atoms with Crippen molar-refractivity contribution in [2.24, 2.45) is 0 Å². The number of nitrogens with one attached hydrogen (secondary N) is 1. The number of allylic oxidation sites excluding steroid dienone is 4. The minimum atomic E-state index is 0.712. The third kappa shape index (κ3) is 3.36. The van der Waals surface area contributed by atoms with E-state index in [2.05, 4.69) is 11.9 Å². The second-order valence-electron chi connectivity index (χ2n) is 1.87. The van der Waals surface area contributed by atoms with Gasteiger partial charge in [0.15, 0.2) is 0 Å². The van der Waals surface area contributed by atoms with E-state index >= 15 is 0 Å². The monoisotopic (exact) mass is 157 g/mol. The average molecular weight is 158 g/mol. The van der Waals surface area contributed by atoms with Gasteiger partial charge in [-0.25, -0.2) is 0 Å². The number of rotatable bonds is 3. The lowest BCUT2D eigenvalue weighted by Gasteiger charge is -1.96. The fraction of sp³-hybridized carbons (Fsp3) is 0.250.